The van der Waals surface area contributed by atoms with Crippen LogP contribution in [0.25, 0.3) is 0 Å². The Morgan fingerprint density at radius 3 is 2.46 bits per heavy atom. The summed E-state index contributed by atoms with van der Waals surface area (Å²) in [6.07, 6.45) is 4.96. The number of piperidine rings is 1. The molecule has 2 heterocycles. The lowest BCUT2D eigenvalue weighted by molar-refractivity contribution is 0.0767. The van der Waals surface area contributed by atoms with Crippen LogP contribution in [-0.4, -0.2) is 47.0 Å². The van der Waals surface area contributed by atoms with Gasteiger partial charge >= 0.3 is 0 Å². The molecule has 0 N–H and O–H groups in total. The van der Waals surface area contributed by atoms with Crippen LogP contribution >= 0.6 is 0 Å². The molecular formula is C21H28N4O. The number of benzene rings is 1. The Morgan fingerprint density at radius 1 is 1.12 bits per heavy atom. The molecule has 0 atom stereocenters. The van der Waals surface area contributed by atoms with E-state index in [1.54, 1.807) is 4.90 Å². The summed E-state index contributed by atoms with van der Waals surface area (Å²) < 4.78 is 0. The quantitative estimate of drug-likeness (QED) is 0.799. The van der Waals surface area contributed by atoms with Gasteiger partial charge in [-0.3, -0.25) is 4.79 Å². The molecule has 1 aromatic heterocycles. The minimum atomic E-state index is -0.0161. The van der Waals surface area contributed by atoms with Crippen molar-refractivity contribution >= 4 is 11.7 Å². The SMILES string of the molecule is CCN(CC)C(=O)c1cc(N2CCC(Cc3ccccc3)CC2)ncn1. The maximum atomic E-state index is 12.5. The Kier molecular flexibility index (Phi) is 6.21. The van der Waals surface area contributed by atoms with Gasteiger partial charge in [0.25, 0.3) is 5.91 Å². The third kappa shape index (κ3) is 4.40. The van der Waals surface area contributed by atoms with Gasteiger partial charge in [0.15, 0.2) is 0 Å². The van der Waals surface area contributed by atoms with Crippen molar-refractivity contribution in [1.29, 1.82) is 0 Å². The highest BCUT2D eigenvalue weighted by Gasteiger charge is 2.22. The molecular weight excluding hydrogens is 324 g/mol. The second-order valence-corrected chi connectivity index (χ2v) is 6.86. The van der Waals surface area contributed by atoms with Crippen LogP contribution in [0.5, 0.6) is 0 Å². The Morgan fingerprint density at radius 2 is 1.81 bits per heavy atom. The maximum Gasteiger partial charge on any atom is 0.272 e. The van der Waals surface area contributed by atoms with Crippen molar-refractivity contribution in [2.45, 2.75) is 33.1 Å². The van der Waals surface area contributed by atoms with Gasteiger partial charge in [-0.15, -0.1) is 0 Å². The van der Waals surface area contributed by atoms with Gasteiger partial charge in [-0.25, -0.2) is 9.97 Å². The largest absolute Gasteiger partial charge is 0.356 e. The molecule has 5 nitrogen and oxygen atoms in total. The maximum absolute atomic E-state index is 12.5. The molecule has 1 aliphatic heterocycles. The summed E-state index contributed by atoms with van der Waals surface area (Å²) in [6, 6.07) is 12.6. The van der Waals surface area contributed by atoms with Crippen LogP contribution in [0.15, 0.2) is 42.7 Å². The fourth-order valence-corrected chi connectivity index (χ4v) is 3.62. The lowest BCUT2D eigenvalue weighted by Gasteiger charge is -2.33. The smallest absolute Gasteiger partial charge is 0.272 e. The second kappa shape index (κ2) is 8.79. The number of hydrogen-bond donors (Lipinski definition) is 0. The highest BCUT2D eigenvalue weighted by molar-refractivity contribution is 5.92. The van der Waals surface area contributed by atoms with E-state index in [1.165, 1.54) is 11.9 Å². The zero-order chi connectivity index (χ0) is 18.4. The van der Waals surface area contributed by atoms with E-state index in [9.17, 15) is 4.79 Å². The number of hydrogen-bond acceptors (Lipinski definition) is 4. The van der Waals surface area contributed by atoms with E-state index in [-0.39, 0.29) is 5.91 Å². The summed E-state index contributed by atoms with van der Waals surface area (Å²) in [5.41, 5.74) is 1.91. The van der Waals surface area contributed by atoms with E-state index in [2.05, 4.69) is 45.2 Å². The van der Waals surface area contributed by atoms with Crippen LogP contribution in [0.3, 0.4) is 0 Å². The fraction of sp³-hybridized carbons (Fsp3) is 0.476. The van der Waals surface area contributed by atoms with Crippen molar-refractivity contribution in [2.24, 2.45) is 5.92 Å². The number of rotatable bonds is 6. The zero-order valence-corrected chi connectivity index (χ0v) is 15.8. The van der Waals surface area contributed by atoms with Crippen molar-refractivity contribution in [3.8, 4) is 0 Å². The molecule has 138 valence electrons. The number of carbonyl (C=O) groups is 1. The Labute approximate surface area is 156 Å². The Bertz CT molecular complexity index is 707. The summed E-state index contributed by atoms with van der Waals surface area (Å²) in [7, 11) is 0. The van der Waals surface area contributed by atoms with E-state index < -0.39 is 0 Å². The molecule has 2 aromatic rings. The van der Waals surface area contributed by atoms with Crippen LogP contribution in [0, 0.1) is 5.92 Å². The topological polar surface area (TPSA) is 49.3 Å². The number of amides is 1. The van der Waals surface area contributed by atoms with E-state index in [0.717, 1.165) is 38.2 Å². The molecule has 5 heteroatoms. The van der Waals surface area contributed by atoms with Gasteiger partial charge in [0.2, 0.25) is 0 Å². The lowest BCUT2D eigenvalue weighted by atomic mass is 9.90. The van der Waals surface area contributed by atoms with Crippen LogP contribution in [0.1, 0.15) is 42.7 Å². The lowest BCUT2D eigenvalue weighted by Crippen LogP contribution is -2.35. The third-order valence-corrected chi connectivity index (χ3v) is 5.23. The van der Waals surface area contributed by atoms with Gasteiger partial charge in [0, 0.05) is 32.2 Å². The van der Waals surface area contributed by atoms with Crippen molar-refractivity contribution in [1.82, 2.24) is 14.9 Å². The standard InChI is InChI=1S/C21H28N4O/c1-3-24(4-2)21(26)19-15-20(23-16-22-19)25-12-10-18(11-13-25)14-17-8-6-5-7-9-17/h5-9,15-16,18H,3-4,10-14H2,1-2H3. The molecule has 1 aromatic carbocycles. The van der Waals surface area contributed by atoms with E-state index in [1.807, 2.05) is 19.9 Å². The average molecular weight is 352 g/mol. The van der Waals surface area contributed by atoms with Gasteiger partial charge in [-0.05, 0) is 44.6 Å². The summed E-state index contributed by atoms with van der Waals surface area (Å²) in [5, 5.41) is 0. The van der Waals surface area contributed by atoms with Crippen LogP contribution in [0.2, 0.25) is 0 Å². The van der Waals surface area contributed by atoms with Crippen molar-refractivity contribution in [3.63, 3.8) is 0 Å². The molecule has 1 saturated heterocycles. The minimum absolute atomic E-state index is 0.0161. The summed E-state index contributed by atoms with van der Waals surface area (Å²) in [5.74, 6) is 1.57. The molecule has 0 radical (unpaired) electrons. The van der Waals surface area contributed by atoms with Gasteiger partial charge in [0.05, 0.1) is 0 Å². The molecule has 0 saturated carbocycles. The predicted octanol–water partition coefficient (Wildman–Crippen LogP) is 3.42. The minimum Gasteiger partial charge on any atom is -0.356 e. The van der Waals surface area contributed by atoms with Crippen LogP contribution in [0.4, 0.5) is 5.82 Å². The Balaban J connectivity index is 1.61. The molecule has 1 fully saturated rings. The molecule has 1 aliphatic rings. The van der Waals surface area contributed by atoms with Gasteiger partial charge in [0.1, 0.15) is 17.8 Å². The first kappa shape index (κ1) is 18.4. The van der Waals surface area contributed by atoms with E-state index >= 15 is 0 Å². The highest BCUT2D eigenvalue weighted by Crippen LogP contribution is 2.25. The monoisotopic (exact) mass is 352 g/mol. The van der Waals surface area contributed by atoms with Gasteiger partial charge in [-0.1, -0.05) is 30.3 Å². The first-order valence-corrected chi connectivity index (χ1v) is 9.61. The number of anilines is 1. The van der Waals surface area contributed by atoms with Gasteiger partial charge in [-0.2, -0.15) is 0 Å². The number of carbonyl (C=O) groups excluding carboxylic acids is 1. The van der Waals surface area contributed by atoms with Crippen molar-refractivity contribution < 1.29 is 4.79 Å². The normalized spacial score (nSPS) is 15.1. The molecule has 1 amide bonds. The third-order valence-electron chi connectivity index (χ3n) is 5.23. The van der Waals surface area contributed by atoms with E-state index in [4.69, 9.17) is 0 Å². The summed E-state index contributed by atoms with van der Waals surface area (Å²) >= 11 is 0. The molecule has 3 rings (SSSR count). The molecule has 0 bridgehead atoms. The predicted molar refractivity (Wildman–Crippen MR) is 104 cm³/mol. The second-order valence-electron chi connectivity index (χ2n) is 6.86. The fourth-order valence-electron chi connectivity index (χ4n) is 3.62. The van der Waals surface area contributed by atoms with Crippen LogP contribution in [-0.2, 0) is 6.42 Å². The first-order valence-electron chi connectivity index (χ1n) is 9.61. The summed E-state index contributed by atoms with van der Waals surface area (Å²) in [6.45, 7) is 7.32. The molecule has 26 heavy (non-hydrogen) atoms. The van der Waals surface area contributed by atoms with Crippen LogP contribution < -0.4 is 4.90 Å². The Hall–Kier alpha value is -2.43. The van der Waals surface area contributed by atoms with Gasteiger partial charge < -0.3 is 9.80 Å². The first-order chi connectivity index (χ1) is 12.7. The molecule has 0 unspecified atom stereocenters. The van der Waals surface area contributed by atoms with Crippen molar-refractivity contribution in [3.05, 3.63) is 54.0 Å². The zero-order valence-electron chi connectivity index (χ0n) is 15.8. The number of nitrogens with zero attached hydrogens (tertiary/aromatic N) is 4. The van der Waals surface area contributed by atoms with E-state index in [0.29, 0.717) is 24.7 Å². The highest BCUT2D eigenvalue weighted by atomic mass is 16.2. The summed E-state index contributed by atoms with van der Waals surface area (Å²) in [4.78, 5) is 25.2. The molecule has 0 aliphatic carbocycles. The molecule has 0 spiro atoms. The average Bonchev–Trinajstić information content (AvgIpc) is 2.70. The van der Waals surface area contributed by atoms with Crippen molar-refractivity contribution in [2.75, 3.05) is 31.1 Å². The number of aromatic nitrogens is 2.